The van der Waals surface area contributed by atoms with Crippen LogP contribution in [0.25, 0.3) is 10.9 Å². The average molecular weight is 188 g/mol. The third-order valence-corrected chi connectivity index (χ3v) is 2.55. The van der Waals surface area contributed by atoms with Gasteiger partial charge in [-0.15, -0.1) is 0 Å². The molecule has 0 radical (unpaired) electrons. The van der Waals surface area contributed by atoms with E-state index in [1.165, 1.54) is 22.2 Å². The highest BCUT2D eigenvalue weighted by Crippen LogP contribution is 2.22. The van der Waals surface area contributed by atoms with E-state index < -0.39 is 0 Å². The molecule has 0 aliphatic rings. The molecule has 0 fully saturated rings. The lowest BCUT2D eigenvalue weighted by Gasteiger charge is -2.04. The number of aryl methyl sites for hydroxylation is 1. The fourth-order valence-electron chi connectivity index (χ4n) is 1.92. The van der Waals surface area contributed by atoms with Crippen LogP contribution in [0.2, 0.25) is 0 Å². The first-order chi connectivity index (χ1) is 6.68. The molecular weight excluding hydrogens is 172 g/mol. The minimum atomic E-state index is 0.216. The molecular formula is C12H16N2. The van der Waals surface area contributed by atoms with Gasteiger partial charge in [-0.25, -0.2) is 0 Å². The largest absolute Gasteiger partial charge is 0.358 e. The zero-order valence-corrected chi connectivity index (χ0v) is 8.67. The molecule has 74 valence electrons. The van der Waals surface area contributed by atoms with Gasteiger partial charge in [0.2, 0.25) is 0 Å². The summed E-state index contributed by atoms with van der Waals surface area (Å²) in [5.41, 5.74) is 9.63. The topological polar surface area (TPSA) is 41.8 Å². The number of fused-ring (bicyclic) bond motifs is 1. The van der Waals surface area contributed by atoms with E-state index in [9.17, 15) is 0 Å². The molecule has 2 rings (SSSR count). The minimum Gasteiger partial charge on any atom is -0.358 e. The molecule has 2 nitrogen and oxygen atoms in total. The lowest BCUT2D eigenvalue weighted by molar-refractivity contribution is 0.738. The maximum Gasteiger partial charge on any atom is 0.0458 e. The van der Waals surface area contributed by atoms with Gasteiger partial charge in [0.25, 0.3) is 0 Å². The average Bonchev–Trinajstić information content (AvgIpc) is 2.43. The predicted octanol–water partition coefficient (Wildman–Crippen LogP) is 2.37. The van der Waals surface area contributed by atoms with Gasteiger partial charge in [0.1, 0.15) is 0 Å². The summed E-state index contributed by atoms with van der Waals surface area (Å²) in [7, 11) is 0. The zero-order valence-electron chi connectivity index (χ0n) is 8.67. The van der Waals surface area contributed by atoms with Gasteiger partial charge in [0.05, 0.1) is 0 Å². The van der Waals surface area contributed by atoms with E-state index in [1.54, 1.807) is 0 Å². The van der Waals surface area contributed by atoms with Gasteiger partial charge < -0.3 is 10.7 Å². The van der Waals surface area contributed by atoms with Crippen molar-refractivity contribution in [2.75, 3.05) is 0 Å². The quantitative estimate of drug-likeness (QED) is 0.746. The third-order valence-electron chi connectivity index (χ3n) is 2.55. The van der Waals surface area contributed by atoms with Crippen LogP contribution in [0.1, 0.15) is 18.2 Å². The second-order valence-corrected chi connectivity index (χ2v) is 3.96. The lowest BCUT2D eigenvalue weighted by atomic mass is 10.0. The summed E-state index contributed by atoms with van der Waals surface area (Å²) in [5.74, 6) is 0. The van der Waals surface area contributed by atoms with Gasteiger partial charge in [-0.1, -0.05) is 18.2 Å². The van der Waals surface area contributed by atoms with Crippen molar-refractivity contribution in [2.24, 2.45) is 5.73 Å². The standard InChI is InChI=1S/C12H16N2/c1-8(13)7-11-9(2)14-12-6-4-3-5-10(11)12/h3-6,8,14H,7,13H2,1-2H3. The van der Waals surface area contributed by atoms with Crippen molar-refractivity contribution in [3.8, 4) is 0 Å². The first-order valence-corrected chi connectivity index (χ1v) is 5.00. The first kappa shape index (κ1) is 9.28. The van der Waals surface area contributed by atoms with E-state index >= 15 is 0 Å². The van der Waals surface area contributed by atoms with Gasteiger partial charge in [0.15, 0.2) is 0 Å². The molecule has 0 aliphatic carbocycles. The van der Waals surface area contributed by atoms with Gasteiger partial charge in [-0.05, 0) is 31.9 Å². The van der Waals surface area contributed by atoms with E-state index in [-0.39, 0.29) is 6.04 Å². The fourth-order valence-corrected chi connectivity index (χ4v) is 1.92. The Morgan fingerprint density at radius 2 is 2.07 bits per heavy atom. The Morgan fingerprint density at radius 3 is 2.79 bits per heavy atom. The molecule has 1 aromatic heterocycles. The van der Waals surface area contributed by atoms with E-state index in [0.29, 0.717) is 0 Å². The maximum atomic E-state index is 5.83. The summed E-state index contributed by atoms with van der Waals surface area (Å²) in [6.45, 7) is 4.15. The van der Waals surface area contributed by atoms with Gasteiger partial charge >= 0.3 is 0 Å². The Labute approximate surface area is 84.1 Å². The maximum absolute atomic E-state index is 5.83. The SMILES string of the molecule is Cc1[nH]c2ccccc2c1CC(C)N. The number of rotatable bonds is 2. The van der Waals surface area contributed by atoms with Crippen molar-refractivity contribution in [3.05, 3.63) is 35.5 Å². The smallest absolute Gasteiger partial charge is 0.0458 e. The Balaban J connectivity index is 2.56. The molecule has 2 heteroatoms. The number of nitrogens with two attached hydrogens (primary N) is 1. The number of benzene rings is 1. The summed E-state index contributed by atoms with van der Waals surface area (Å²) in [4.78, 5) is 3.38. The first-order valence-electron chi connectivity index (χ1n) is 5.00. The Morgan fingerprint density at radius 1 is 1.36 bits per heavy atom. The van der Waals surface area contributed by atoms with Gasteiger partial charge in [-0.3, -0.25) is 0 Å². The summed E-state index contributed by atoms with van der Waals surface area (Å²) in [5, 5.41) is 1.31. The Hall–Kier alpha value is -1.28. The molecule has 1 atom stereocenters. The van der Waals surface area contributed by atoms with Crippen LogP contribution in [0.4, 0.5) is 0 Å². The van der Waals surface area contributed by atoms with Crippen molar-refractivity contribution in [3.63, 3.8) is 0 Å². The summed E-state index contributed by atoms with van der Waals surface area (Å²) in [6, 6.07) is 8.59. The van der Waals surface area contributed by atoms with Crippen LogP contribution in [0, 0.1) is 6.92 Å². The number of H-pyrrole nitrogens is 1. The van der Waals surface area contributed by atoms with E-state index in [0.717, 1.165) is 6.42 Å². The third kappa shape index (κ3) is 1.53. The normalized spacial score (nSPS) is 13.4. The molecule has 14 heavy (non-hydrogen) atoms. The van der Waals surface area contributed by atoms with Crippen LogP contribution >= 0.6 is 0 Å². The molecule has 0 amide bonds. The highest BCUT2D eigenvalue weighted by atomic mass is 14.7. The molecule has 0 bridgehead atoms. The number of hydrogen-bond acceptors (Lipinski definition) is 1. The summed E-state index contributed by atoms with van der Waals surface area (Å²) >= 11 is 0. The van der Waals surface area contributed by atoms with Crippen LogP contribution in [0.3, 0.4) is 0 Å². The highest BCUT2D eigenvalue weighted by Gasteiger charge is 2.08. The van der Waals surface area contributed by atoms with Gasteiger partial charge in [-0.2, -0.15) is 0 Å². The second kappa shape index (κ2) is 3.46. The summed E-state index contributed by atoms with van der Waals surface area (Å²) in [6.07, 6.45) is 0.940. The van der Waals surface area contributed by atoms with Crippen LogP contribution in [0.15, 0.2) is 24.3 Å². The van der Waals surface area contributed by atoms with Crippen molar-refractivity contribution < 1.29 is 0 Å². The second-order valence-electron chi connectivity index (χ2n) is 3.96. The van der Waals surface area contributed by atoms with Crippen LogP contribution in [-0.4, -0.2) is 11.0 Å². The number of hydrogen-bond donors (Lipinski definition) is 2. The van der Waals surface area contributed by atoms with Crippen molar-refractivity contribution in [1.82, 2.24) is 4.98 Å². The van der Waals surface area contributed by atoms with Crippen molar-refractivity contribution in [1.29, 1.82) is 0 Å². The molecule has 0 aliphatic heterocycles. The van der Waals surface area contributed by atoms with Crippen LogP contribution in [0.5, 0.6) is 0 Å². The van der Waals surface area contributed by atoms with Crippen LogP contribution < -0.4 is 5.73 Å². The van der Waals surface area contributed by atoms with Crippen molar-refractivity contribution in [2.45, 2.75) is 26.3 Å². The molecule has 0 saturated carbocycles. The lowest BCUT2D eigenvalue weighted by Crippen LogP contribution is -2.18. The molecule has 1 aromatic carbocycles. The Kier molecular flexibility index (Phi) is 2.30. The Bertz CT molecular complexity index is 441. The van der Waals surface area contributed by atoms with E-state index in [1.807, 2.05) is 13.0 Å². The fraction of sp³-hybridized carbons (Fsp3) is 0.333. The van der Waals surface area contributed by atoms with Gasteiger partial charge in [0, 0.05) is 22.6 Å². The number of nitrogens with one attached hydrogen (secondary N) is 1. The van der Waals surface area contributed by atoms with E-state index in [2.05, 4.69) is 30.1 Å². The zero-order chi connectivity index (χ0) is 10.1. The molecule has 1 unspecified atom stereocenters. The molecule has 1 heterocycles. The number of para-hydroxylation sites is 1. The molecule has 0 saturated heterocycles. The number of aromatic nitrogens is 1. The van der Waals surface area contributed by atoms with E-state index in [4.69, 9.17) is 5.73 Å². The van der Waals surface area contributed by atoms with Crippen LogP contribution in [-0.2, 0) is 6.42 Å². The summed E-state index contributed by atoms with van der Waals surface area (Å²) < 4.78 is 0. The number of aromatic amines is 1. The van der Waals surface area contributed by atoms with Crippen molar-refractivity contribution >= 4 is 10.9 Å². The highest BCUT2D eigenvalue weighted by molar-refractivity contribution is 5.84. The monoisotopic (exact) mass is 188 g/mol. The molecule has 3 N–H and O–H groups in total. The molecule has 2 aromatic rings. The molecule has 0 spiro atoms. The predicted molar refractivity (Wildman–Crippen MR) is 60.4 cm³/mol. The minimum absolute atomic E-state index is 0.216.